The fraction of sp³-hybridized carbons (Fsp3) is 0.500. The summed E-state index contributed by atoms with van der Waals surface area (Å²) in [6.07, 6.45) is 3.95. The molecule has 1 saturated heterocycles. The molecular weight excluding hydrogens is 264 g/mol. The highest BCUT2D eigenvalue weighted by Crippen LogP contribution is 2.12. The zero-order chi connectivity index (χ0) is 14.7. The van der Waals surface area contributed by atoms with Gasteiger partial charge in [0.1, 0.15) is 0 Å². The van der Waals surface area contributed by atoms with Crippen LogP contribution in [0.15, 0.2) is 30.6 Å². The van der Waals surface area contributed by atoms with Gasteiger partial charge in [0.05, 0.1) is 24.9 Å². The highest BCUT2D eigenvalue weighted by atomic mass is 16.5. The van der Waals surface area contributed by atoms with Crippen LogP contribution in [-0.2, 0) is 17.8 Å². The maximum absolute atomic E-state index is 5.90. The Labute approximate surface area is 125 Å². The van der Waals surface area contributed by atoms with Crippen molar-refractivity contribution in [2.75, 3.05) is 19.7 Å². The summed E-state index contributed by atoms with van der Waals surface area (Å²) >= 11 is 0. The van der Waals surface area contributed by atoms with E-state index in [1.807, 2.05) is 30.1 Å². The minimum atomic E-state index is 0.202. The summed E-state index contributed by atoms with van der Waals surface area (Å²) in [5.41, 5.74) is 3.51. The maximum Gasteiger partial charge on any atom is 0.0898 e. The molecule has 21 heavy (non-hydrogen) atoms. The summed E-state index contributed by atoms with van der Waals surface area (Å²) in [6, 6.07) is 6.22. The minimum absolute atomic E-state index is 0.202. The van der Waals surface area contributed by atoms with Crippen LogP contribution in [0.3, 0.4) is 0 Å². The Morgan fingerprint density at radius 3 is 3.00 bits per heavy atom. The number of pyridine rings is 1. The van der Waals surface area contributed by atoms with Crippen LogP contribution in [0.25, 0.3) is 0 Å². The molecule has 0 unspecified atom stereocenters. The average molecular weight is 286 g/mol. The molecule has 2 aromatic heterocycles. The van der Waals surface area contributed by atoms with Gasteiger partial charge in [0.2, 0.25) is 0 Å². The number of aryl methyl sites for hydroxylation is 2. The summed E-state index contributed by atoms with van der Waals surface area (Å²) in [7, 11) is 0. The van der Waals surface area contributed by atoms with Gasteiger partial charge in [-0.05, 0) is 31.5 Å². The van der Waals surface area contributed by atoms with E-state index < -0.39 is 0 Å². The molecule has 1 aliphatic heterocycles. The Bertz CT molecular complexity index is 581. The summed E-state index contributed by atoms with van der Waals surface area (Å²) in [6.45, 7) is 8.57. The molecule has 0 radical (unpaired) electrons. The van der Waals surface area contributed by atoms with E-state index in [1.165, 1.54) is 11.3 Å². The molecule has 0 bridgehead atoms. The number of aromatic nitrogens is 3. The van der Waals surface area contributed by atoms with Crippen molar-refractivity contribution >= 4 is 0 Å². The molecule has 1 atom stereocenters. The molecule has 5 heteroatoms. The number of rotatable bonds is 4. The SMILES string of the molecule is Cc1cc(C)n(C[C@H]2CN(Cc3cccnc3)CCO2)n1. The molecule has 0 N–H and O–H groups in total. The van der Waals surface area contributed by atoms with E-state index >= 15 is 0 Å². The molecule has 1 fully saturated rings. The number of morpholine rings is 1. The normalized spacial score (nSPS) is 19.8. The van der Waals surface area contributed by atoms with Gasteiger partial charge >= 0.3 is 0 Å². The molecule has 1 aliphatic rings. The standard InChI is InChI=1S/C16H22N4O/c1-13-8-14(2)20(18-13)12-16-11-19(6-7-21-16)10-15-4-3-5-17-9-15/h3-5,8-9,16H,6-7,10-12H2,1-2H3/t16-/m1/s1. The number of ether oxygens (including phenoxy) is 1. The second kappa shape index (κ2) is 6.37. The van der Waals surface area contributed by atoms with Crippen molar-refractivity contribution < 1.29 is 4.74 Å². The quantitative estimate of drug-likeness (QED) is 0.859. The largest absolute Gasteiger partial charge is 0.374 e. The van der Waals surface area contributed by atoms with Gasteiger partial charge in [-0.2, -0.15) is 5.10 Å². The highest BCUT2D eigenvalue weighted by Gasteiger charge is 2.21. The van der Waals surface area contributed by atoms with Crippen LogP contribution < -0.4 is 0 Å². The minimum Gasteiger partial charge on any atom is -0.374 e. The number of nitrogens with zero attached hydrogens (tertiary/aromatic N) is 4. The van der Waals surface area contributed by atoms with Crippen molar-refractivity contribution in [2.24, 2.45) is 0 Å². The van der Waals surface area contributed by atoms with Gasteiger partial charge < -0.3 is 4.74 Å². The van der Waals surface area contributed by atoms with Gasteiger partial charge in [-0.15, -0.1) is 0 Å². The van der Waals surface area contributed by atoms with E-state index in [9.17, 15) is 0 Å². The Morgan fingerprint density at radius 2 is 2.29 bits per heavy atom. The first-order chi connectivity index (χ1) is 10.2. The van der Waals surface area contributed by atoms with Crippen LogP contribution in [0.2, 0.25) is 0 Å². The zero-order valence-corrected chi connectivity index (χ0v) is 12.7. The summed E-state index contributed by atoms with van der Waals surface area (Å²) in [4.78, 5) is 6.61. The second-order valence-corrected chi connectivity index (χ2v) is 5.70. The predicted molar refractivity (Wildman–Crippen MR) is 81.0 cm³/mol. The number of hydrogen-bond donors (Lipinski definition) is 0. The third-order valence-electron chi connectivity index (χ3n) is 3.83. The van der Waals surface area contributed by atoms with E-state index in [0.717, 1.165) is 38.5 Å². The zero-order valence-electron chi connectivity index (χ0n) is 12.7. The molecule has 0 aromatic carbocycles. The topological polar surface area (TPSA) is 43.2 Å². The first kappa shape index (κ1) is 14.2. The van der Waals surface area contributed by atoms with Crippen LogP contribution in [0.4, 0.5) is 0 Å². The third-order valence-corrected chi connectivity index (χ3v) is 3.83. The van der Waals surface area contributed by atoms with E-state index in [-0.39, 0.29) is 6.10 Å². The van der Waals surface area contributed by atoms with Crippen molar-refractivity contribution in [3.05, 3.63) is 47.5 Å². The third kappa shape index (κ3) is 3.68. The van der Waals surface area contributed by atoms with Crippen LogP contribution in [0.5, 0.6) is 0 Å². The second-order valence-electron chi connectivity index (χ2n) is 5.70. The molecule has 0 saturated carbocycles. The van der Waals surface area contributed by atoms with Crippen molar-refractivity contribution in [1.82, 2.24) is 19.7 Å². The summed E-state index contributed by atoms with van der Waals surface area (Å²) < 4.78 is 7.95. The van der Waals surface area contributed by atoms with Crippen molar-refractivity contribution in [3.63, 3.8) is 0 Å². The molecule has 0 spiro atoms. The van der Waals surface area contributed by atoms with Gasteiger partial charge in [-0.3, -0.25) is 14.6 Å². The lowest BCUT2D eigenvalue weighted by molar-refractivity contribution is -0.0405. The average Bonchev–Trinajstić information content (AvgIpc) is 2.78. The first-order valence-electron chi connectivity index (χ1n) is 7.44. The Balaban J connectivity index is 1.59. The summed E-state index contributed by atoms with van der Waals surface area (Å²) in [5.74, 6) is 0. The molecular formula is C16H22N4O. The van der Waals surface area contributed by atoms with Crippen LogP contribution in [0, 0.1) is 13.8 Å². The lowest BCUT2D eigenvalue weighted by atomic mass is 10.2. The van der Waals surface area contributed by atoms with Crippen molar-refractivity contribution in [1.29, 1.82) is 0 Å². The highest BCUT2D eigenvalue weighted by molar-refractivity contribution is 5.09. The van der Waals surface area contributed by atoms with Gasteiger partial charge in [0.25, 0.3) is 0 Å². The van der Waals surface area contributed by atoms with E-state index in [4.69, 9.17) is 4.74 Å². The van der Waals surface area contributed by atoms with E-state index in [2.05, 4.69) is 34.0 Å². The molecule has 3 rings (SSSR count). The molecule has 2 aromatic rings. The van der Waals surface area contributed by atoms with Crippen molar-refractivity contribution in [3.8, 4) is 0 Å². The van der Waals surface area contributed by atoms with Crippen LogP contribution in [0.1, 0.15) is 17.0 Å². The van der Waals surface area contributed by atoms with Gasteiger partial charge in [0, 0.05) is 37.7 Å². The Kier molecular flexibility index (Phi) is 4.31. The lowest BCUT2D eigenvalue weighted by Crippen LogP contribution is -2.43. The Morgan fingerprint density at radius 1 is 1.38 bits per heavy atom. The molecule has 0 aliphatic carbocycles. The van der Waals surface area contributed by atoms with Crippen molar-refractivity contribution in [2.45, 2.75) is 33.0 Å². The van der Waals surface area contributed by atoms with Gasteiger partial charge in [0.15, 0.2) is 0 Å². The molecule has 3 heterocycles. The molecule has 0 amide bonds. The van der Waals surface area contributed by atoms with E-state index in [1.54, 1.807) is 0 Å². The first-order valence-corrected chi connectivity index (χ1v) is 7.44. The Hall–Kier alpha value is -1.72. The van der Waals surface area contributed by atoms with Gasteiger partial charge in [-0.25, -0.2) is 0 Å². The monoisotopic (exact) mass is 286 g/mol. The van der Waals surface area contributed by atoms with E-state index in [0.29, 0.717) is 0 Å². The lowest BCUT2D eigenvalue weighted by Gasteiger charge is -2.33. The van der Waals surface area contributed by atoms with Crippen LogP contribution >= 0.6 is 0 Å². The smallest absolute Gasteiger partial charge is 0.0898 e. The number of hydrogen-bond acceptors (Lipinski definition) is 4. The van der Waals surface area contributed by atoms with Gasteiger partial charge in [-0.1, -0.05) is 6.07 Å². The summed E-state index contributed by atoms with van der Waals surface area (Å²) in [5, 5.41) is 4.52. The van der Waals surface area contributed by atoms with Crippen LogP contribution in [-0.4, -0.2) is 45.5 Å². The fourth-order valence-corrected chi connectivity index (χ4v) is 2.84. The molecule has 5 nitrogen and oxygen atoms in total. The maximum atomic E-state index is 5.90. The fourth-order valence-electron chi connectivity index (χ4n) is 2.84. The predicted octanol–water partition coefficient (Wildman–Crippen LogP) is 1.80. The molecule has 112 valence electrons.